The highest BCUT2D eigenvalue weighted by Crippen LogP contribution is 2.28. The smallest absolute Gasteiger partial charge is 0.246 e. The Balaban J connectivity index is 1.71. The summed E-state index contributed by atoms with van der Waals surface area (Å²) >= 11 is 0. The van der Waals surface area contributed by atoms with Crippen LogP contribution >= 0.6 is 0 Å². The summed E-state index contributed by atoms with van der Waals surface area (Å²) in [4.78, 5) is 6.62. The fourth-order valence-electron chi connectivity index (χ4n) is 3.00. The highest BCUT2D eigenvalue weighted by molar-refractivity contribution is 7.89. The van der Waals surface area contributed by atoms with E-state index in [4.69, 9.17) is 4.74 Å². The number of hydrogen-bond donors (Lipinski definition) is 0. The molecule has 2 aromatic rings. The molecule has 0 saturated carbocycles. The van der Waals surface area contributed by atoms with Crippen LogP contribution in [0.25, 0.3) is 0 Å². The van der Waals surface area contributed by atoms with Gasteiger partial charge in [0.2, 0.25) is 10.0 Å². The second kappa shape index (κ2) is 7.51. The van der Waals surface area contributed by atoms with E-state index in [1.807, 2.05) is 31.3 Å². The zero-order valence-electron chi connectivity index (χ0n) is 14.6. The molecular formula is C18H23N3O3S. The van der Waals surface area contributed by atoms with Gasteiger partial charge < -0.3 is 4.74 Å². The van der Waals surface area contributed by atoms with Gasteiger partial charge in [0.15, 0.2) is 0 Å². The number of benzene rings is 1. The zero-order chi connectivity index (χ0) is 17.9. The fourth-order valence-corrected chi connectivity index (χ4v) is 4.67. The summed E-state index contributed by atoms with van der Waals surface area (Å²) in [7, 11) is -2.06. The van der Waals surface area contributed by atoms with E-state index in [1.54, 1.807) is 22.6 Å². The van der Waals surface area contributed by atoms with E-state index in [2.05, 4.69) is 9.88 Å². The molecule has 0 aliphatic carbocycles. The van der Waals surface area contributed by atoms with Crippen LogP contribution in [0.4, 0.5) is 0 Å². The minimum absolute atomic E-state index is 0.246. The number of rotatable bonds is 5. The Bertz CT molecular complexity index is 817. The Morgan fingerprint density at radius 3 is 2.56 bits per heavy atom. The number of aromatic nitrogens is 1. The molecule has 0 bridgehead atoms. The lowest BCUT2D eigenvalue weighted by Gasteiger charge is -2.34. The quantitative estimate of drug-likeness (QED) is 0.814. The van der Waals surface area contributed by atoms with Crippen molar-refractivity contribution in [1.82, 2.24) is 14.2 Å². The van der Waals surface area contributed by atoms with Crippen LogP contribution in [-0.2, 0) is 16.6 Å². The predicted molar refractivity (Wildman–Crippen MR) is 96.0 cm³/mol. The Morgan fingerprint density at radius 1 is 1.16 bits per heavy atom. The summed E-state index contributed by atoms with van der Waals surface area (Å²) in [6.45, 7) is 5.00. The first-order valence-corrected chi connectivity index (χ1v) is 9.71. The lowest BCUT2D eigenvalue weighted by atomic mass is 10.2. The van der Waals surface area contributed by atoms with Crippen LogP contribution in [0, 0.1) is 6.92 Å². The van der Waals surface area contributed by atoms with Gasteiger partial charge in [-0.25, -0.2) is 8.42 Å². The van der Waals surface area contributed by atoms with Gasteiger partial charge in [0.25, 0.3) is 0 Å². The Morgan fingerprint density at radius 2 is 1.92 bits per heavy atom. The lowest BCUT2D eigenvalue weighted by Crippen LogP contribution is -2.48. The first-order valence-electron chi connectivity index (χ1n) is 8.27. The number of piperazine rings is 1. The Labute approximate surface area is 149 Å². The molecule has 25 heavy (non-hydrogen) atoms. The van der Waals surface area contributed by atoms with Gasteiger partial charge in [0.05, 0.1) is 7.11 Å². The van der Waals surface area contributed by atoms with E-state index in [0.29, 0.717) is 31.9 Å². The van der Waals surface area contributed by atoms with Gasteiger partial charge in [0.1, 0.15) is 10.6 Å². The van der Waals surface area contributed by atoms with Gasteiger partial charge in [-0.05, 0) is 36.2 Å². The number of hydrogen-bond acceptors (Lipinski definition) is 5. The average Bonchev–Trinajstić information content (AvgIpc) is 2.63. The highest BCUT2D eigenvalue weighted by Gasteiger charge is 2.30. The molecule has 7 heteroatoms. The first kappa shape index (κ1) is 17.8. The van der Waals surface area contributed by atoms with Crippen LogP contribution in [0.1, 0.15) is 11.1 Å². The van der Waals surface area contributed by atoms with Gasteiger partial charge in [-0.1, -0.05) is 12.1 Å². The van der Waals surface area contributed by atoms with Crippen LogP contribution in [0.2, 0.25) is 0 Å². The Hall–Kier alpha value is -1.96. The van der Waals surface area contributed by atoms with E-state index in [1.165, 1.54) is 7.11 Å². The van der Waals surface area contributed by atoms with Crippen molar-refractivity contribution in [3.05, 3.63) is 53.9 Å². The average molecular weight is 361 g/mol. The van der Waals surface area contributed by atoms with Gasteiger partial charge in [-0.2, -0.15) is 4.31 Å². The maximum absolute atomic E-state index is 13.0. The SMILES string of the molecule is COc1ccc(C)cc1S(=O)(=O)N1CCN(Cc2cccnc2)CC1. The number of nitrogens with zero attached hydrogens (tertiary/aromatic N) is 3. The zero-order valence-corrected chi connectivity index (χ0v) is 15.4. The largest absolute Gasteiger partial charge is 0.495 e. The van der Waals surface area contributed by atoms with E-state index in [9.17, 15) is 8.42 Å². The van der Waals surface area contributed by atoms with Crippen LogP contribution in [0.3, 0.4) is 0 Å². The molecule has 3 rings (SSSR count). The van der Waals surface area contributed by atoms with Crippen molar-refractivity contribution in [2.24, 2.45) is 0 Å². The third-order valence-electron chi connectivity index (χ3n) is 4.40. The van der Waals surface area contributed by atoms with E-state index < -0.39 is 10.0 Å². The standard InChI is InChI=1S/C18H23N3O3S/c1-15-5-6-17(24-2)18(12-15)25(22,23)21-10-8-20(9-11-21)14-16-4-3-7-19-13-16/h3-7,12-13H,8-11,14H2,1-2H3. The summed E-state index contributed by atoms with van der Waals surface area (Å²) < 4.78 is 32.8. The molecule has 0 radical (unpaired) electrons. The van der Waals surface area contributed by atoms with Crippen molar-refractivity contribution in [1.29, 1.82) is 0 Å². The maximum Gasteiger partial charge on any atom is 0.246 e. The van der Waals surface area contributed by atoms with Crippen LogP contribution in [-0.4, -0.2) is 55.9 Å². The number of pyridine rings is 1. The fraction of sp³-hybridized carbons (Fsp3) is 0.389. The van der Waals surface area contributed by atoms with Crippen molar-refractivity contribution in [3.8, 4) is 5.75 Å². The maximum atomic E-state index is 13.0. The van der Waals surface area contributed by atoms with Gasteiger partial charge in [0, 0.05) is 45.1 Å². The molecule has 1 aliphatic heterocycles. The Kier molecular flexibility index (Phi) is 5.36. The number of ether oxygens (including phenoxy) is 1. The molecule has 1 aromatic carbocycles. The third-order valence-corrected chi connectivity index (χ3v) is 6.32. The van der Waals surface area contributed by atoms with Crippen molar-refractivity contribution < 1.29 is 13.2 Å². The van der Waals surface area contributed by atoms with Gasteiger partial charge in [-0.15, -0.1) is 0 Å². The molecule has 1 aromatic heterocycles. The molecule has 0 amide bonds. The monoisotopic (exact) mass is 361 g/mol. The number of aryl methyl sites for hydroxylation is 1. The summed E-state index contributed by atoms with van der Waals surface area (Å²) in [5.74, 6) is 0.392. The van der Waals surface area contributed by atoms with Gasteiger partial charge >= 0.3 is 0 Å². The molecule has 0 atom stereocenters. The summed E-state index contributed by atoms with van der Waals surface area (Å²) in [5, 5.41) is 0. The van der Waals surface area contributed by atoms with Gasteiger partial charge in [-0.3, -0.25) is 9.88 Å². The molecule has 0 N–H and O–H groups in total. The van der Waals surface area contributed by atoms with E-state index in [-0.39, 0.29) is 4.90 Å². The second-order valence-electron chi connectivity index (χ2n) is 6.20. The predicted octanol–water partition coefficient (Wildman–Crippen LogP) is 1.91. The molecule has 1 aliphatic rings. The number of sulfonamides is 1. The van der Waals surface area contributed by atoms with Crippen molar-refractivity contribution in [2.45, 2.75) is 18.4 Å². The van der Waals surface area contributed by atoms with Crippen molar-refractivity contribution in [3.63, 3.8) is 0 Å². The summed E-state index contributed by atoms with van der Waals surface area (Å²) in [6.07, 6.45) is 3.60. The topological polar surface area (TPSA) is 62.7 Å². The molecule has 1 fully saturated rings. The normalized spacial score (nSPS) is 16.7. The van der Waals surface area contributed by atoms with Crippen LogP contribution in [0.5, 0.6) is 5.75 Å². The van der Waals surface area contributed by atoms with Crippen molar-refractivity contribution in [2.75, 3.05) is 33.3 Å². The molecular weight excluding hydrogens is 338 g/mol. The van der Waals surface area contributed by atoms with E-state index in [0.717, 1.165) is 17.7 Å². The lowest BCUT2D eigenvalue weighted by molar-refractivity contribution is 0.181. The summed E-state index contributed by atoms with van der Waals surface area (Å²) in [6, 6.07) is 9.19. The second-order valence-corrected chi connectivity index (χ2v) is 8.10. The minimum atomic E-state index is -3.55. The van der Waals surface area contributed by atoms with Crippen LogP contribution in [0.15, 0.2) is 47.6 Å². The van der Waals surface area contributed by atoms with E-state index >= 15 is 0 Å². The minimum Gasteiger partial charge on any atom is -0.495 e. The third kappa shape index (κ3) is 4.00. The first-order chi connectivity index (χ1) is 12.0. The number of methoxy groups -OCH3 is 1. The molecule has 2 heterocycles. The molecule has 134 valence electrons. The molecule has 0 spiro atoms. The molecule has 0 unspecified atom stereocenters. The molecule has 6 nitrogen and oxygen atoms in total. The van der Waals surface area contributed by atoms with Crippen molar-refractivity contribution >= 4 is 10.0 Å². The summed E-state index contributed by atoms with van der Waals surface area (Å²) in [5.41, 5.74) is 2.04. The highest BCUT2D eigenvalue weighted by atomic mass is 32.2. The van der Waals surface area contributed by atoms with Crippen LogP contribution < -0.4 is 4.74 Å². The molecule has 1 saturated heterocycles.